The van der Waals surface area contributed by atoms with Gasteiger partial charge in [0.05, 0.1) is 5.52 Å². The van der Waals surface area contributed by atoms with Crippen LogP contribution in [0.4, 0.5) is 5.69 Å². The van der Waals surface area contributed by atoms with E-state index < -0.39 is 0 Å². The number of anilines is 1. The number of ether oxygens (including phenoxy) is 2. The van der Waals surface area contributed by atoms with Crippen LogP contribution in [-0.2, 0) is 0 Å². The summed E-state index contributed by atoms with van der Waals surface area (Å²) in [7, 11) is 0. The van der Waals surface area contributed by atoms with Crippen LogP contribution in [-0.4, -0.2) is 11.8 Å². The molecule has 0 unspecified atom stereocenters. The van der Waals surface area contributed by atoms with Crippen LogP contribution in [0.15, 0.2) is 18.2 Å². The molecule has 0 fully saturated rings. The van der Waals surface area contributed by atoms with Crippen molar-refractivity contribution in [3.63, 3.8) is 0 Å². The van der Waals surface area contributed by atoms with E-state index in [1.54, 1.807) is 0 Å². The van der Waals surface area contributed by atoms with Gasteiger partial charge in [0.25, 0.3) is 0 Å². The van der Waals surface area contributed by atoms with Crippen LogP contribution in [0.2, 0.25) is 0 Å². The second-order valence-corrected chi connectivity index (χ2v) is 2.99. The van der Waals surface area contributed by atoms with Crippen LogP contribution in [0, 0.1) is 0 Å². The highest BCUT2D eigenvalue weighted by molar-refractivity contribution is 5.91. The predicted octanol–water partition coefficient (Wildman–Crippen LogP) is 1.48. The van der Waals surface area contributed by atoms with Crippen LogP contribution in [0.3, 0.4) is 0 Å². The second kappa shape index (κ2) is 2.10. The molecule has 66 valence electrons. The second-order valence-electron chi connectivity index (χ2n) is 2.99. The van der Waals surface area contributed by atoms with Crippen molar-refractivity contribution in [2.24, 2.45) is 0 Å². The molecule has 0 saturated carbocycles. The third-order valence-electron chi connectivity index (χ3n) is 2.15. The molecule has 1 aliphatic rings. The minimum Gasteiger partial charge on any atom is -0.451 e. The van der Waals surface area contributed by atoms with Crippen molar-refractivity contribution in [3.8, 4) is 11.6 Å². The summed E-state index contributed by atoms with van der Waals surface area (Å²) < 4.78 is 10.5. The molecule has 2 heterocycles. The number of hydrogen-bond acceptors (Lipinski definition) is 3. The normalized spacial score (nSPS) is 13.8. The van der Waals surface area contributed by atoms with Crippen molar-refractivity contribution >= 4 is 16.6 Å². The number of benzene rings is 1. The zero-order valence-electron chi connectivity index (χ0n) is 6.83. The number of nitrogen functional groups attached to an aromatic ring is 1. The quantitative estimate of drug-likeness (QED) is 0.597. The first kappa shape index (κ1) is 6.65. The molecule has 0 atom stereocenters. The monoisotopic (exact) mass is 176 g/mol. The molecule has 3 N–H and O–H groups in total. The van der Waals surface area contributed by atoms with Crippen LogP contribution in [0.5, 0.6) is 11.6 Å². The standard InChI is InChI=1S/C9H8N2O2/c10-5-1-2-7-6(3-5)8-9(11-7)13-4-12-8/h1-3,11H,4,10H2. The van der Waals surface area contributed by atoms with Crippen LogP contribution < -0.4 is 15.2 Å². The first-order valence-electron chi connectivity index (χ1n) is 4.01. The molecule has 0 radical (unpaired) electrons. The van der Waals surface area contributed by atoms with Gasteiger partial charge in [0, 0.05) is 11.1 Å². The van der Waals surface area contributed by atoms with Gasteiger partial charge >= 0.3 is 0 Å². The minimum absolute atomic E-state index is 0.284. The lowest BCUT2D eigenvalue weighted by atomic mass is 10.2. The van der Waals surface area contributed by atoms with Crippen molar-refractivity contribution in [2.45, 2.75) is 0 Å². The molecule has 1 aromatic heterocycles. The average Bonchev–Trinajstić information content (AvgIpc) is 2.64. The molecule has 4 nitrogen and oxygen atoms in total. The summed E-state index contributed by atoms with van der Waals surface area (Å²) in [5.41, 5.74) is 7.38. The summed E-state index contributed by atoms with van der Waals surface area (Å²) >= 11 is 0. The summed E-state index contributed by atoms with van der Waals surface area (Å²) in [4.78, 5) is 3.10. The first-order chi connectivity index (χ1) is 6.34. The Hall–Kier alpha value is -1.84. The van der Waals surface area contributed by atoms with E-state index in [-0.39, 0.29) is 6.79 Å². The fourth-order valence-electron chi connectivity index (χ4n) is 1.55. The highest BCUT2D eigenvalue weighted by Gasteiger charge is 2.19. The molecule has 0 saturated heterocycles. The number of nitrogens with one attached hydrogen (secondary N) is 1. The Morgan fingerprint density at radius 1 is 1.31 bits per heavy atom. The van der Waals surface area contributed by atoms with Crippen LogP contribution >= 0.6 is 0 Å². The van der Waals surface area contributed by atoms with E-state index in [2.05, 4.69) is 4.98 Å². The molecule has 0 amide bonds. The van der Waals surface area contributed by atoms with Gasteiger partial charge in [-0.25, -0.2) is 0 Å². The smallest absolute Gasteiger partial charge is 0.238 e. The summed E-state index contributed by atoms with van der Waals surface area (Å²) in [6.07, 6.45) is 0. The van der Waals surface area contributed by atoms with E-state index in [0.717, 1.165) is 22.3 Å². The van der Waals surface area contributed by atoms with Gasteiger partial charge in [-0.2, -0.15) is 0 Å². The van der Waals surface area contributed by atoms with Crippen molar-refractivity contribution in [1.29, 1.82) is 0 Å². The predicted molar refractivity (Wildman–Crippen MR) is 48.8 cm³/mol. The van der Waals surface area contributed by atoms with Gasteiger partial charge in [0.1, 0.15) is 0 Å². The summed E-state index contributed by atoms with van der Waals surface area (Å²) in [5.74, 6) is 1.46. The van der Waals surface area contributed by atoms with Crippen molar-refractivity contribution in [2.75, 3.05) is 12.5 Å². The van der Waals surface area contributed by atoms with Crippen molar-refractivity contribution in [3.05, 3.63) is 18.2 Å². The van der Waals surface area contributed by atoms with Gasteiger partial charge < -0.3 is 20.2 Å². The van der Waals surface area contributed by atoms with Gasteiger partial charge in [-0.15, -0.1) is 0 Å². The van der Waals surface area contributed by atoms with Crippen LogP contribution in [0.1, 0.15) is 0 Å². The van der Waals surface area contributed by atoms with Crippen molar-refractivity contribution in [1.82, 2.24) is 4.98 Å². The van der Waals surface area contributed by atoms with Gasteiger partial charge in [0.2, 0.25) is 12.7 Å². The van der Waals surface area contributed by atoms with E-state index in [4.69, 9.17) is 15.2 Å². The van der Waals surface area contributed by atoms with E-state index in [9.17, 15) is 0 Å². The molecule has 0 aliphatic carbocycles. The Kier molecular flexibility index (Phi) is 1.07. The molecular weight excluding hydrogens is 168 g/mol. The number of aromatic amines is 1. The Morgan fingerprint density at radius 3 is 3.15 bits per heavy atom. The molecule has 1 aliphatic heterocycles. The molecule has 1 aromatic carbocycles. The number of fused-ring (bicyclic) bond motifs is 3. The highest BCUT2D eigenvalue weighted by Crippen LogP contribution is 2.39. The van der Waals surface area contributed by atoms with Gasteiger partial charge in [0.15, 0.2) is 5.75 Å². The third kappa shape index (κ3) is 0.796. The lowest BCUT2D eigenvalue weighted by Gasteiger charge is -1.96. The number of nitrogens with two attached hydrogens (primary N) is 1. The number of aromatic nitrogens is 1. The van der Waals surface area contributed by atoms with Crippen molar-refractivity contribution < 1.29 is 9.47 Å². The fourth-order valence-corrected chi connectivity index (χ4v) is 1.55. The number of hydrogen-bond donors (Lipinski definition) is 2. The zero-order valence-corrected chi connectivity index (χ0v) is 6.83. The SMILES string of the molecule is Nc1ccc2[nH]c3c(c2c1)OCO3. The first-order valence-corrected chi connectivity index (χ1v) is 4.01. The minimum atomic E-state index is 0.284. The largest absolute Gasteiger partial charge is 0.451 e. The maximum absolute atomic E-state index is 5.67. The van der Waals surface area contributed by atoms with Gasteiger partial charge in [-0.1, -0.05) is 0 Å². The molecule has 0 bridgehead atoms. The topological polar surface area (TPSA) is 60.3 Å². The summed E-state index contributed by atoms with van der Waals surface area (Å²) in [5, 5.41) is 0.979. The lowest BCUT2D eigenvalue weighted by Crippen LogP contribution is -1.95. The molecule has 3 rings (SSSR count). The third-order valence-corrected chi connectivity index (χ3v) is 2.15. The summed E-state index contributed by atoms with van der Waals surface area (Å²) in [6, 6.07) is 5.63. The average molecular weight is 176 g/mol. The Labute approximate surface area is 74.2 Å². The molecular formula is C9H8N2O2. The molecule has 4 heteroatoms. The Balaban J connectivity index is 2.40. The fraction of sp³-hybridized carbons (Fsp3) is 0.111. The molecule has 0 spiro atoms. The van der Waals surface area contributed by atoms with Crippen LogP contribution in [0.25, 0.3) is 10.9 Å². The van der Waals surface area contributed by atoms with Gasteiger partial charge in [-0.3, -0.25) is 0 Å². The summed E-state index contributed by atoms with van der Waals surface area (Å²) in [6.45, 7) is 0.284. The number of H-pyrrole nitrogens is 1. The Morgan fingerprint density at radius 2 is 2.23 bits per heavy atom. The Bertz CT molecular complexity index is 476. The van der Waals surface area contributed by atoms with E-state index in [0.29, 0.717) is 5.88 Å². The maximum Gasteiger partial charge on any atom is 0.238 e. The zero-order chi connectivity index (χ0) is 8.84. The molecule has 2 aromatic rings. The highest BCUT2D eigenvalue weighted by atomic mass is 16.7. The van der Waals surface area contributed by atoms with E-state index in [1.165, 1.54) is 0 Å². The lowest BCUT2D eigenvalue weighted by molar-refractivity contribution is 0.171. The maximum atomic E-state index is 5.67. The van der Waals surface area contributed by atoms with E-state index >= 15 is 0 Å². The molecule has 13 heavy (non-hydrogen) atoms. The van der Waals surface area contributed by atoms with Gasteiger partial charge in [-0.05, 0) is 18.2 Å². The number of rotatable bonds is 0. The van der Waals surface area contributed by atoms with E-state index in [1.807, 2.05) is 18.2 Å².